The predicted octanol–water partition coefficient (Wildman–Crippen LogP) is 2.65. The van der Waals surface area contributed by atoms with Crippen LogP contribution in [0.15, 0.2) is 83.7 Å². The summed E-state index contributed by atoms with van der Waals surface area (Å²) in [6.07, 6.45) is 0. The Bertz CT molecular complexity index is 1900. The molecule has 1 N–H and O–H groups in total. The lowest BCUT2D eigenvalue weighted by Gasteiger charge is -2.16. The molecule has 10 nitrogen and oxygen atoms in total. The highest BCUT2D eigenvalue weighted by Crippen LogP contribution is 2.35. The van der Waals surface area contributed by atoms with Crippen molar-refractivity contribution in [1.29, 1.82) is 0 Å². The van der Waals surface area contributed by atoms with Crippen molar-refractivity contribution in [3.05, 3.63) is 99.3 Å². The summed E-state index contributed by atoms with van der Waals surface area (Å²) in [6.45, 7) is 1.07. The lowest BCUT2D eigenvalue weighted by atomic mass is 10.1. The van der Waals surface area contributed by atoms with Gasteiger partial charge >= 0.3 is 5.97 Å². The average Bonchev–Trinajstić information content (AvgIpc) is 3.55. The number of esters is 1. The minimum Gasteiger partial charge on any atom is -0.426 e. The van der Waals surface area contributed by atoms with Gasteiger partial charge in [0, 0.05) is 18.2 Å². The molecule has 0 unspecified atom stereocenters. The number of anilines is 2. The predicted molar refractivity (Wildman–Crippen MR) is 145 cm³/mol. The molecule has 192 valence electrons. The van der Waals surface area contributed by atoms with Crippen molar-refractivity contribution in [2.75, 3.05) is 16.8 Å². The number of ether oxygens (including phenoxy) is 1. The Morgan fingerprint density at radius 3 is 2.36 bits per heavy atom. The zero-order valence-corrected chi connectivity index (χ0v) is 21.3. The van der Waals surface area contributed by atoms with Gasteiger partial charge in [-0.25, -0.2) is 0 Å². The number of amides is 2. The van der Waals surface area contributed by atoms with Crippen LogP contribution < -0.4 is 25.0 Å². The second kappa shape index (κ2) is 9.62. The van der Waals surface area contributed by atoms with Crippen molar-refractivity contribution in [3.8, 4) is 17.1 Å². The second-order valence-electron chi connectivity index (χ2n) is 8.65. The van der Waals surface area contributed by atoms with E-state index in [1.54, 1.807) is 72.8 Å². The van der Waals surface area contributed by atoms with Gasteiger partial charge in [-0.2, -0.15) is 9.50 Å². The van der Waals surface area contributed by atoms with Crippen LogP contribution in [0.2, 0.25) is 0 Å². The molecular formula is C28H19N5O5S. The van der Waals surface area contributed by atoms with Gasteiger partial charge < -0.3 is 10.1 Å². The molecule has 6 rings (SSSR count). The minimum absolute atomic E-state index is 0.174. The SMILES string of the molecule is CC(=O)Oc1ccccc1-c1nc2s/c(=C3\C(=O)N(CC(=O)Nc4ccccc4)c4ccccc43)c(=O)n2n1. The Labute approximate surface area is 224 Å². The van der Waals surface area contributed by atoms with Gasteiger partial charge in [0.25, 0.3) is 11.5 Å². The molecule has 3 heterocycles. The number of nitrogens with one attached hydrogen (secondary N) is 1. The standard InChI is InChI=1S/C28H19N5O5S/c1-16(34)38-21-14-8-6-12-19(21)25-30-28-33(31-25)27(37)24(39-28)23-18-11-5-7-13-20(18)32(26(23)36)15-22(35)29-17-9-3-2-4-10-17/h2-14H,15H2,1H3,(H,29,35)/b24-23-. The van der Waals surface area contributed by atoms with Crippen molar-refractivity contribution in [2.24, 2.45) is 0 Å². The Morgan fingerprint density at radius 2 is 1.62 bits per heavy atom. The van der Waals surface area contributed by atoms with Crippen molar-refractivity contribution in [2.45, 2.75) is 6.92 Å². The van der Waals surface area contributed by atoms with Gasteiger partial charge in [-0.3, -0.25) is 24.1 Å². The normalized spacial score (nSPS) is 14.0. The van der Waals surface area contributed by atoms with Crippen molar-refractivity contribution < 1.29 is 19.1 Å². The zero-order chi connectivity index (χ0) is 27.1. The van der Waals surface area contributed by atoms with Crippen LogP contribution in [-0.4, -0.2) is 38.9 Å². The van der Waals surface area contributed by atoms with Crippen LogP contribution >= 0.6 is 11.3 Å². The number of carbonyl (C=O) groups excluding carboxylic acids is 3. The molecule has 0 atom stereocenters. The molecule has 1 aliphatic heterocycles. The fourth-order valence-electron chi connectivity index (χ4n) is 4.42. The largest absolute Gasteiger partial charge is 0.426 e. The van der Waals surface area contributed by atoms with Crippen LogP contribution in [0.1, 0.15) is 12.5 Å². The zero-order valence-electron chi connectivity index (χ0n) is 20.5. The third-order valence-electron chi connectivity index (χ3n) is 6.05. The Hall–Kier alpha value is -5.16. The van der Waals surface area contributed by atoms with E-state index in [2.05, 4.69) is 15.4 Å². The number of nitrogens with zero attached hydrogens (tertiary/aromatic N) is 4. The lowest BCUT2D eigenvalue weighted by Crippen LogP contribution is -2.37. The highest BCUT2D eigenvalue weighted by atomic mass is 32.1. The fourth-order valence-corrected chi connectivity index (χ4v) is 5.41. The van der Waals surface area contributed by atoms with E-state index in [1.165, 1.54) is 11.8 Å². The fraction of sp³-hybridized carbons (Fsp3) is 0.0714. The van der Waals surface area contributed by atoms with Crippen LogP contribution in [-0.2, 0) is 14.4 Å². The molecule has 39 heavy (non-hydrogen) atoms. The molecule has 2 amide bonds. The van der Waals surface area contributed by atoms with Crippen LogP contribution in [0.4, 0.5) is 11.4 Å². The van der Waals surface area contributed by atoms with Gasteiger partial charge in [-0.1, -0.05) is 59.9 Å². The second-order valence-corrected chi connectivity index (χ2v) is 9.63. The quantitative estimate of drug-likeness (QED) is 0.270. The van der Waals surface area contributed by atoms with E-state index in [-0.39, 0.29) is 39.1 Å². The molecule has 0 aliphatic carbocycles. The van der Waals surface area contributed by atoms with E-state index in [0.29, 0.717) is 22.5 Å². The molecule has 0 bridgehead atoms. The summed E-state index contributed by atoms with van der Waals surface area (Å²) < 4.78 is 6.56. The average molecular weight is 538 g/mol. The van der Waals surface area contributed by atoms with Gasteiger partial charge in [-0.05, 0) is 30.3 Å². The molecule has 0 fully saturated rings. The third-order valence-corrected chi connectivity index (χ3v) is 7.08. The molecule has 0 spiro atoms. The number of rotatable bonds is 5. The van der Waals surface area contributed by atoms with Crippen LogP contribution in [0.5, 0.6) is 5.75 Å². The molecule has 0 saturated carbocycles. The molecule has 5 aromatic rings. The maximum atomic E-state index is 13.6. The van der Waals surface area contributed by atoms with Crippen LogP contribution in [0.25, 0.3) is 21.9 Å². The van der Waals surface area contributed by atoms with Gasteiger partial charge in [0.2, 0.25) is 10.9 Å². The molecule has 1 aliphatic rings. The summed E-state index contributed by atoms with van der Waals surface area (Å²) in [5.41, 5.74) is 1.85. The smallest absolute Gasteiger partial charge is 0.308 e. The lowest BCUT2D eigenvalue weighted by molar-refractivity contribution is -0.131. The van der Waals surface area contributed by atoms with Crippen LogP contribution in [0.3, 0.4) is 0 Å². The van der Waals surface area contributed by atoms with E-state index in [0.717, 1.165) is 15.9 Å². The molecule has 3 aromatic carbocycles. The van der Waals surface area contributed by atoms with E-state index in [1.807, 2.05) is 6.07 Å². The van der Waals surface area contributed by atoms with Crippen LogP contribution in [0, 0.1) is 0 Å². The molecule has 11 heteroatoms. The van der Waals surface area contributed by atoms with Crippen molar-refractivity contribution in [1.82, 2.24) is 14.6 Å². The number of fused-ring (bicyclic) bond motifs is 2. The molecule has 0 saturated heterocycles. The van der Waals surface area contributed by atoms with Gasteiger partial charge in [0.1, 0.15) is 16.8 Å². The number of para-hydroxylation sites is 3. The van der Waals surface area contributed by atoms with E-state index < -0.39 is 17.4 Å². The van der Waals surface area contributed by atoms with Crippen molar-refractivity contribution >= 4 is 51.0 Å². The molecule has 2 aromatic heterocycles. The number of carbonyl (C=O) groups is 3. The number of thiazole rings is 1. The maximum Gasteiger partial charge on any atom is 0.308 e. The Morgan fingerprint density at radius 1 is 0.923 bits per heavy atom. The summed E-state index contributed by atoms with van der Waals surface area (Å²) in [7, 11) is 0. The molecule has 0 radical (unpaired) electrons. The summed E-state index contributed by atoms with van der Waals surface area (Å²) >= 11 is 1.03. The van der Waals surface area contributed by atoms with Crippen molar-refractivity contribution in [3.63, 3.8) is 0 Å². The maximum absolute atomic E-state index is 13.6. The highest BCUT2D eigenvalue weighted by molar-refractivity contribution is 7.15. The number of benzene rings is 3. The monoisotopic (exact) mass is 537 g/mol. The minimum atomic E-state index is -0.507. The number of hydrogen-bond donors (Lipinski definition) is 1. The van der Waals surface area contributed by atoms with Gasteiger partial charge in [-0.15, -0.1) is 5.10 Å². The third kappa shape index (κ3) is 4.34. The first-order chi connectivity index (χ1) is 18.9. The topological polar surface area (TPSA) is 123 Å². The summed E-state index contributed by atoms with van der Waals surface area (Å²) in [5.74, 6) is -0.834. The first-order valence-corrected chi connectivity index (χ1v) is 12.7. The Kier molecular flexibility index (Phi) is 5.97. The molecular weight excluding hydrogens is 518 g/mol. The van der Waals surface area contributed by atoms with Gasteiger partial charge in [0.15, 0.2) is 5.82 Å². The summed E-state index contributed by atoms with van der Waals surface area (Å²) in [4.78, 5) is 57.5. The highest BCUT2D eigenvalue weighted by Gasteiger charge is 2.35. The van der Waals surface area contributed by atoms with E-state index in [4.69, 9.17) is 4.74 Å². The summed E-state index contributed by atoms with van der Waals surface area (Å²) in [5, 5.41) is 7.13. The summed E-state index contributed by atoms with van der Waals surface area (Å²) in [6, 6.07) is 22.7. The number of aromatic nitrogens is 3. The van der Waals surface area contributed by atoms with E-state index in [9.17, 15) is 19.2 Å². The Balaban J connectivity index is 1.40. The first-order valence-electron chi connectivity index (χ1n) is 11.9. The first kappa shape index (κ1) is 24.2. The van der Waals surface area contributed by atoms with Gasteiger partial charge in [0.05, 0.1) is 16.8 Å². The number of hydrogen-bond acceptors (Lipinski definition) is 8. The van der Waals surface area contributed by atoms with E-state index >= 15 is 0 Å².